The van der Waals surface area contributed by atoms with Crippen LogP contribution in [0.3, 0.4) is 0 Å². The molecule has 0 amide bonds. The molecular formula is C17H15NOS. The van der Waals surface area contributed by atoms with Crippen molar-refractivity contribution in [1.29, 1.82) is 0 Å². The van der Waals surface area contributed by atoms with Gasteiger partial charge in [0.25, 0.3) is 5.56 Å². The predicted molar refractivity (Wildman–Crippen MR) is 84.3 cm³/mol. The highest BCUT2D eigenvalue weighted by atomic mass is 32.1. The zero-order valence-corrected chi connectivity index (χ0v) is 12.1. The summed E-state index contributed by atoms with van der Waals surface area (Å²) in [5.41, 5.74) is 3.49. The van der Waals surface area contributed by atoms with Gasteiger partial charge in [0.1, 0.15) is 0 Å². The number of rotatable bonds is 3. The number of pyridine rings is 1. The Hall–Kier alpha value is -2.13. The molecule has 0 saturated carbocycles. The van der Waals surface area contributed by atoms with Gasteiger partial charge in [-0.3, -0.25) is 4.79 Å². The lowest BCUT2D eigenvalue weighted by atomic mass is 10.1. The zero-order chi connectivity index (χ0) is 13.9. The Morgan fingerprint density at radius 1 is 1.05 bits per heavy atom. The van der Waals surface area contributed by atoms with E-state index in [9.17, 15) is 4.79 Å². The number of thiophene rings is 1. The highest BCUT2D eigenvalue weighted by molar-refractivity contribution is 7.13. The summed E-state index contributed by atoms with van der Waals surface area (Å²) >= 11 is 1.68. The molecule has 1 aromatic carbocycles. The van der Waals surface area contributed by atoms with Crippen LogP contribution in [0.25, 0.3) is 10.4 Å². The molecule has 0 N–H and O–H groups in total. The molecule has 0 unspecified atom stereocenters. The summed E-state index contributed by atoms with van der Waals surface area (Å²) in [5.74, 6) is 0. The Labute approximate surface area is 122 Å². The lowest BCUT2D eigenvalue weighted by molar-refractivity contribution is 0.761. The third-order valence-corrected chi connectivity index (χ3v) is 4.18. The van der Waals surface area contributed by atoms with Crippen LogP contribution in [-0.2, 0) is 6.54 Å². The zero-order valence-electron chi connectivity index (χ0n) is 11.2. The third-order valence-electron chi connectivity index (χ3n) is 3.26. The standard InChI is InChI=1S/C17H15NOS/c1-13-4-6-14(7-5-13)11-18-12-15(8-9-17(18)19)16-3-2-10-20-16/h2-10,12H,11H2,1H3. The lowest BCUT2D eigenvalue weighted by Gasteiger charge is -2.08. The van der Waals surface area contributed by atoms with Crippen molar-refractivity contribution in [3.8, 4) is 10.4 Å². The van der Waals surface area contributed by atoms with Crippen molar-refractivity contribution in [2.75, 3.05) is 0 Å². The molecular weight excluding hydrogens is 266 g/mol. The minimum absolute atomic E-state index is 0.0332. The fourth-order valence-electron chi connectivity index (χ4n) is 2.13. The molecule has 2 aromatic heterocycles. The summed E-state index contributed by atoms with van der Waals surface area (Å²) in [6.07, 6.45) is 1.94. The van der Waals surface area contributed by atoms with Gasteiger partial charge in [0.2, 0.25) is 0 Å². The van der Waals surface area contributed by atoms with E-state index in [2.05, 4.69) is 37.3 Å². The van der Waals surface area contributed by atoms with Crippen LogP contribution in [-0.4, -0.2) is 4.57 Å². The Balaban J connectivity index is 1.95. The maximum absolute atomic E-state index is 12.0. The number of aromatic nitrogens is 1. The van der Waals surface area contributed by atoms with Crippen LogP contribution in [0.15, 0.2) is 64.9 Å². The summed E-state index contributed by atoms with van der Waals surface area (Å²) < 4.78 is 1.76. The number of hydrogen-bond acceptors (Lipinski definition) is 2. The highest BCUT2D eigenvalue weighted by Gasteiger charge is 2.03. The minimum atomic E-state index is 0.0332. The first-order valence-corrected chi connectivity index (χ1v) is 7.40. The van der Waals surface area contributed by atoms with Crippen molar-refractivity contribution in [1.82, 2.24) is 4.57 Å². The van der Waals surface area contributed by atoms with Crippen molar-refractivity contribution in [3.05, 3.63) is 81.6 Å². The lowest BCUT2D eigenvalue weighted by Crippen LogP contribution is -2.18. The van der Waals surface area contributed by atoms with E-state index in [1.807, 2.05) is 23.7 Å². The number of hydrogen-bond donors (Lipinski definition) is 0. The van der Waals surface area contributed by atoms with Crippen LogP contribution in [0.2, 0.25) is 0 Å². The molecule has 2 nitrogen and oxygen atoms in total. The first kappa shape index (κ1) is 12.9. The van der Waals surface area contributed by atoms with E-state index < -0.39 is 0 Å². The molecule has 0 aliphatic heterocycles. The van der Waals surface area contributed by atoms with Gasteiger partial charge in [-0.25, -0.2) is 0 Å². The van der Waals surface area contributed by atoms with Gasteiger partial charge < -0.3 is 4.57 Å². The van der Waals surface area contributed by atoms with E-state index in [0.717, 1.165) is 11.1 Å². The van der Waals surface area contributed by atoms with Crippen LogP contribution < -0.4 is 5.56 Å². The maximum Gasteiger partial charge on any atom is 0.250 e. The quantitative estimate of drug-likeness (QED) is 0.713. The van der Waals surface area contributed by atoms with E-state index >= 15 is 0 Å². The minimum Gasteiger partial charge on any atom is -0.310 e. The van der Waals surface area contributed by atoms with Gasteiger partial charge in [-0.05, 0) is 30.0 Å². The molecule has 0 radical (unpaired) electrons. The second-order valence-corrected chi connectivity index (χ2v) is 5.79. The molecule has 0 aliphatic rings. The Morgan fingerprint density at radius 2 is 1.85 bits per heavy atom. The van der Waals surface area contributed by atoms with Crippen LogP contribution in [0.1, 0.15) is 11.1 Å². The van der Waals surface area contributed by atoms with Crippen LogP contribution in [0.4, 0.5) is 0 Å². The first-order valence-electron chi connectivity index (χ1n) is 6.52. The number of benzene rings is 1. The Kier molecular flexibility index (Phi) is 3.52. The van der Waals surface area contributed by atoms with Crippen molar-refractivity contribution in [3.63, 3.8) is 0 Å². The van der Waals surface area contributed by atoms with Gasteiger partial charge in [-0.1, -0.05) is 35.9 Å². The van der Waals surface area contributed by atoms with E-state index in [4.69, 9.17) is 0 Å². The normalized spacial score (nSPS) is 10.7. The predicted octanol–water partition coefficient (Wildman–Crippen LogP) is 3.93. The van der Waals surface area contributed by atoms with E-state index in [-0.39, 0.29) is 5.56 Å². The Morgan fingerprint density at radius 3 is 2.55 bits per heavy atom. The first-order chi connectivity index (χ1) is 9.72. The molecule has 3 aromatic rings. The van der Waals surface area contributed by atoms with Gasteiger partial charge in [0, 0.05) is 22.7 Å². The molecule has 0 bridgehead atoms. The van der Waals surface area contributed by atoms with Gasteiger partial charge in [0.15, 0.2) is 0 Å². The second-order valence-electron chi connectivity index (χ2n) is 4.85. The SMILES string of the molecule is Cc1ccc(Cn2cc(-c3cccs3)ccc2=O)cc1. The average molecular weight is 281 g/mol. The maximum atomic E-state index is 12.0. The third kappa shape index (κ3) is 2.73. The second kappa shape index (κ2) is 5.47. The summed E-state index contributed by atoms with van der Waals surface area (Å²) in [7, 11) is 0. The van der Waals surface area contributed by atoms with Gasteiger partial charge in [-0.2, -0.15) is 0 Å². The van der Waals surface area contributed by atoms with E-state index in [0.29, 0.717) is 6.54 Å². The molecule has 3 heteroatoms. The summed E-state index contributed by atoms with van der Waals surface area (Å²) in [6.45, 7) is 2.67. The van der Waals surface area contributed by atoms with E-state index in [1.165, 1.54) is 10.4 Å². The van der Waals surface area contributed by atoms with E-state index in [1.54, 1.807) is 22.0 Å². The summed E-state index contributed by atoms with van der Waals surface area (Å²) in [6, 6.07) is 15.9. The molecule has 100 valence electrons. The van der Waals surface area contributed by atoms with Crippen molar-refractivity contribution >= 4 is 11.3 Å². The molecule has 0 saturated heterocycles. The smallest absolute Gasteiger partial charge is 0.250 e. The van der Waals surface area contributed by atoms with Crippen LogP contribution in [0.5, 0.6) is 0 Å². The molecule has 2 heterocycles. The molecule has 20 heavy (non-hydrogen) atoms. The van der Waals surface area contributed by atoms with Crippen LogP contribution in [0, 0.1) is 6.92 Å². The Bertz CT molecular complexity index is 754. The molecule has 0 atom stereocenters. The van der Waals surface area contributed by atoms with Crippen molar-refractivity contribution in [2.45, 2.75) is 13.5 Å². The summed E-state index contributed by atoms with van der Waals surface area (Å²) in [5, 5.41) is 2.05. The van der Waals surface area contributed by atoms with Gasteiger partial charge in [0.05, 0.1) is 6.54 Å². The molecule has 0 spiro atoms. The van der Waals surface area contributed by atoms with Gasteiger partial charge in [-0.15, -0.1) is 11.3 Å². The highest BCUT2D eigenvalue weighted by Crippen LogP contribution is 2.23. The number of aryl methyl sites for hydroxylation is 1. The summed E-state index contributed by atoms with van der Waals surface area (Å²) in [4.78, 5) is 13.2. The molecule has 0 aliphatic carbocycles. The topological polar surface area (TPSA) is 22.0 Å². The van der Waals surface area contributed by atoms with Crippen LogP contribution >= 0.6 is 11.3 Å². The molecule has 3 rings (SSSR count). The largest absolute Gasteiger partial charge is 0.310 e. The fraction of sp³-hybridized carbons (Fsp3) is 0.118. The van der Waals surface area contributed by atoms with Crippen molar-refractivity contribution < 1.29 is 0 Å². The van der Waals surface area contributed by atoms with Crippen molar-refractivity contribution in [2.24, 2.45) is 0 Å². The average Bonchev–Trinajstić information content (AvgIpc) is 2.98. The van der Waals surface area contributed by atoms with Gasteiger partial charge >= 0.3 is 0 Å². The fourth-order valence-corrected chi connectivity index (χ4v) is 2.85. The molecule has 0 fully saturated rings. The number of nitrogens with zero attached hydrogens (tertiary/aromatic N) is 1. The monoisotopic (exact) mass is 281 g/mol.